The van der Waals surface area contributed by atoms with E-state index in [1.807, 2.05) is 0 Å². The fraction of sp³-hybridized carbons (Fsp3) is 0.167. The van der Waals surface area contributed by atoms with E-state index in [1.54, 1.807) is 12.1 Å². The number of ketones is 1. The quantitative estimate of drug-likeness (QED) is 0.794. The van der Waals surface area contributed by atoms with Crippen LogP contribution in [0, 0.1) is 0 Å². The summed E-state index contributed by atoms with van der Waals surface area (Å²) >= 11 is 5.93. The number of methoxy groups -OCH3 is 2. The van der Waals surface area contributed by atoms with E-state index in [0.29, 0.717) is 0 Å². The Morgan fingerprint density at radius 1 is 1.21 bits per heavy atom. The SMILES string of the molecule is COc1cnc(C(=O)c2ncccc2Cl)c(OC)n1. The summed E-state index contributed by atoms with van der Waals surface area (Å²) in [5, 5.41) is 0.243. The fourth-order valence-electron chi connectivity index (χ4n) is 1.42. The summed E-state index contributed by atoms with van der Waals surface area (Å²) in [6.07, 6.45) is 2.80. The third-order valence-electron chi connectivity index (χ3n) is 2.31. The summed E-state index contributed by atoms with van der Waals surface area (Å²) in [7, 11) is 2.83. The van der Waals surface area contributed by atoms with Crippen LogP contribution in [0.5, 0.6) is 11.8 Å². The summed E-state index contributed by atoms with van der Waals surface area (Å²) in [4.78, 5) is 24.2. The zero-order valence-electron chi connectivity index (χ0n) is 10.3. The van der Waals surface area contributed by atoms with E-state index in [-0.39, 0.29) is 28.2 Å². The zero-order valence-corrected chi connectivity index (χ0v) is 11.0. The third kappa shape index (κ3) is 2.63. The first-order chi connectivity index (χ1) is 9.17. The van der Waals surface area contributed by atoms with Crippen LogP contribution in [0.15, 0.2) is 24.5 Å². The predicted octanol–water partition coefficient (Wildman–Crippen LogP) is 1.77. The van der Waals surface area contributed by atoms with E-state index in [2.05, 4.69) is 15.0 Å². The number of nitrogens with zero attached hydrogens (tertiary/aromatic N) is 3. The molecule has 0 radical (unpaired) electrons. The molecule has 0 saturated heterocycles. The Bertz CT molecular complexity index is 619. The van der Waals surface area contributed by atoms with Gasteiger partial charge in [0.25, 0.3) is 0 Å². The van der Waals surface area contributed by atoms with Gasteiger partial charge >= 0.3 is 0 Å². The molecule has 0 unspecified atom stereocenters. The molecule has 0 bridgehead atoms. The first kappa shape index (κ1) is 13.2. The number of ether oxygens (including phenoxy) is 2. The van der Waals surface area contributed by atoms with Crippen molar-refractivity contribution in [2.45, 2.75) is 0 Å². The highest BCUT2D eigenvalue weighted by atomic mass is 35.5. The van der Waals surface area contributed by atoms with Gasteiger partial charge in [0, 0.05) is 6.20 Å². The van der Waals surface area contributed by atoms with Gasteiger partial charge in [-0.15, -0.1) is 0 Å². The number of halogens is 1. The first-order valence-corrected chi connectivity index (χ1v) is 5.65. The molecule has 0 aliphatic heterocycles. The maximum atomic E-state index is 12.3. The highest BCUT2D eigenvalue weighted by Crippen LogP contribution is 2.22. The van der Waals surface area contributed by atoms with E-state index in [9.17, 15) is 4.79 Å². The second-order valence-corrected chi connectivity index (χ2v) is 3.84. The number of rotatable bonds is 4. The smallest absolute Gasteiger partial charge is 0.247 e. The average molecular weight is 280 g/mol. The molecule has 0 amide bonds. The maximum absolute atomic E-state index is 12.3. The van der Waals surface area contributed by atoms with E-state index < -0.39 is 5.78 Å². The van der Waals surface area contributed by atoms with Gasteiger partial charge in [0.15, 0.2) is 5.69 Å². The summed E-state index contributed by atoms with van der Waals surface area (Å²) in [6, 6.07) is 3.21. The molecule has 0 saturated carbocycles. The number of pyridine rings is 1. The number of hydrogen-bond donors (Lipinski definition) is 0. The minimum atomic E-state index is -0.461. The van der Waals surface area contributed by atoms with Crippen LogP contribution >= 0.6 is 11.6 Å². The lowest BCUT2D eigenvalue weighted by molar-refractivity contribution is 0.102. The lowest BCUT2D eigenvalue weighted by atomic mass is 10.2. The van der Waals surface area contributed by atoms with E-state index in [1.165, 1.54) is 26.6 Å². The van der Waals surface area contributed by atoms with Gasteiger partial charge < -0.3 is 9.47 Å². The third-order valence-corrected chi connectivity index (χ3v) is 2.61. The Morgan fingerprint density at radius 2 is 2.00 bits per heavy atom. The van der Waals surface area contributed by atoms with Crippen LogP contribution in [0.3, 0.4) is 0 Å². The molecule has 0 spiro atoms. The molecule has 0 aliphatic carbocycles. The van der Waals surface area contributed by atoms with Gasteiger partial charge in [0.1, 0.15) is 5.69 Å². The maximum Gasteiger partial charge on any atom is 0.247 e. The minimum absolute atomic E-state index is 0.0314. The zero-order chi connectivity index (χ0) is 13.8. The van der Waals surface area contributed by atoms with Crippen LogP contribution in [-0.4, -0.2) is 35.0 Å². The molecule has 2 rings (SSSR count). The largest absolute Gasteiger partial charge is 0.480 e. The topological polar surface area (TPSA) is 74.2 Å². The number of carbonyl (C=O) groups is 1. The Hall–Kier alpha value is -2.21. The average Bonchev–Trinajstić information content (AvgIpc) is 2.46. The van der Waals surface area contributed by atoms with Crippen LogP contribution in [0.1, 0.15) is 16.2 Å². The van der Waals surface area contributed by atoms with Crippen molar-refractivity contribution in [3.8, 4) is 11.8 Å². The molecule has 0 aromatic carbocycles. The van der Waals surface area contributed by atoms with Crippen molar-refractivity contribution in [1.82, 2.24) is 15.0 Å². The summed E-state index contributed by atoms with van der Waals surface area (Å²) in [5.41, 5.74) is 0.130. The molecule has 19 heavy (non-hydrogen) atoms. The molecular formula is C12H10ClN3O3. The van der Waals surface area contributed by atoms with Crippen LogP contribution in [0.4, 0.5) is 0 Å². The fourth-order valence-corrected chi connectivity index (χ4v) is 1.63. The van der Waals surface area contributed by atoms with Crippen molar-refractivity contribution < 1.29 is 14.3 Å². The Balaban J connectivity index is 2.47. The van der Waals surface area contributed by atoms with Crippen molar-refractivity contribution in [2.75, 3.05) is 14.2 Å². The van der Waals surface area contributed by atoms with Crippen LogP contribution in [-0.2, 0) is 0 Å². The Morgan fingerprint density at radius 3 is 2.63 bits per heavy atom. The number of carbonyl (C=O) groups excluding carboxylic acids is 1. The Labute approximate surface area is 114 Å². The van der Waals surface area contributed by atoms with Crippen molar-refractivity contribution in [1.29, 1.82) is 0 Å². The summed E-state index contributed by atoms with van der Waals surface area (Å²) in [6.45, 7) is 0. The highest BCUT2D eigenvalue weighted by Gasteiger charge is 2.21. The standard InChI is InChI=1S/C12H10ClN3O3/c1-18-8-6-15-10(12(16-8)19-2)11(17)9-7(13)4-3-5-14-9/h3-6H,1-2H3. The van der Waals surface area contributed by atoms with E-state index in [4.69, 9.17) is 21.1 Å². The molecule has 0 atom stereocenters. The molecule has 98 valence electrons. The van der Waals surface area contributed by atoms with Gasteiger partial charge in [-0.1, -0.05) is 11.6 Å². The summed E-state index contributed by atoms with van der Waals surface area (Å²) in [5.74, 6) is -0.149. The molecule has 0 aliphatic rings. The van der Waals surface area contributed by atoms with Gasteiger partial charge in [-0.3, -0.25) is 9.78 Å². The van der Waals surface area contributed by atoms with Gasteiger partial charge in [0.05, 0.1) is 25.4 Å². The normalized spacial score (nSPS) is 10.1. The molecule has 7 heteroatoms. The molecule has 6 nitrogen and oxygen atoms in total. The molecule has 0 N–H and O–H groups in total. The molecule has 2 aromatic heterocycles. The van der Waals surface area contributed by atoms with Crippen molar-refractivity contribution in [3.63, 3.8) is 0 Å². The Kier molecular flexibility index (Phi) is 3.91. The van der Waals surface area contributed by atoms with Crippen molar-refractivity contribution in [2.24, 2.45) is 0 Å². The van der Waals surface area contributed by atoms with Crippen molar-refractivity contribution in [3.05, 3.63) is 40.9 Å². The van der Waals surface area contributed by atoms with Crippen molar-refractivity contribution >= 4 is 17.4 Å². The number of hydrogen-bond acceptors (Lipinski definition) is 6. The van der Waals surface area contributed by atoms with Crippen LogP contribution in [0.2, 0.25) is 5.02 Å². The second kappa shape index (κ2) is 5.62. The van der Waals surface area contributed by atoms with Gasteiger partial charge in [-0.05, 0) is 12.1 Å². The monoisotopic (exact) mass is 279 g/mol. The predicted molar refractivity (Wildman–Crippen MR) is 67.8 cm³/mol. The molecule has 0 fully saturated rings. The van der Waals surface area contributed by atoms with Gasteiger partial charge in [-0.25, -0.2) is 4.98 Å². The van der Waals surface area contributed by atoms with Crippen LogP contribution in [0.25, 0.3) is 0 Å². The highest BCUT2D eigenvalue weighted by molar-refractivity contribution is 6.34. The van der Waals surface area contributed by atoms with Crippen LogP contribution < -0.4 is 9.47 Å². The molecule has 2 aromatic rings. The first-order valence-electron chi connectivity index (χ1n) is 5.27. The molecule has 2 heterocycles. The number of aromatic nitrogens is 3. The van der Waals surface area contributed by atoms with Gasteiger partial charge in [-0.2, -0.15) is 4.98 Å². The lowest BCUT2D eigenvalue weighted by Crippen LogP contribution is -2.10. The van der Waals surface area contributed by atoms with Gasteiger partial charge in [0.2, 0.25) is 17.5 Å². The molecular weight excluding hydrogens is 270 g/mol. The van der Waals surface area contributed by atoms with E-state index >= 15 is 0 Å². The summed E-state index contributed by atoms with van der Waals surface area (Å²) < 4.78 is 9.94. The second-order valence-electron chi connectivity index (χ2n) is 3.43. The van der Waals surface area contributed by atoms with E-state index in [0.717, 1.165) is 0 Å². The lowest BCUT2D eigenvalue weighted by Gasteiger charge is -2.07. The minimum Gasteiger partial charge on any atom is -0.480 e.